The molecule has 0 saturated carbocycles. The lowest BCUT2D eigenvalue weighted by molar-refractivity contribution is -0.143. The lowest BCUT2D eigenvalue weighted by atomic mass is 9.94. The van der Waals surface area contributed by atoms with Gasteiger partial charge in [0, 0.05) is 4.90 Å². The first-order chi connectivity index (χ1) is 5.94. The Morgan fingerprint density at radius 3 is 2.31 bits per heavy atom. The van der Waals surface area contributed by atoms with Gasteiger partial charge in [0.05, 0.1) is 0 Å². The van der Waals surface area contributed by atoms with Gasteiger partial charge in [-0.2, -0.15) is 0 Å². The highest BCUT2D eigenvalue weighted by molar-refractivity contribution is 7.80. The fourth-order valence-corrected chi connectivity index (χ4v) is 1.08. The second-order valence-corrected chi connectivity index (χ2v) is 3.57. The summed E-state index contributed by atoms with van der Waals surface area (Å²) in [4.78, 5) is 11.5. The molecule has 0 spiro atoms. The molecule has 0 unspecified atom stereocenters. The van der Waals surface area contributed by atoms with Crippen LogP contribution in [0.2, 0.25) is 0 Å². The SMILES string of the molecule is C[C@](N)(C(=O)O)c1ccc(S)cc1. The lowest BCUT2D eigenvalue weighted by Crippen LogP contribution is -2.41. The van der Waals surface area contributed by atoms with E-state index < -0.39 is 11.5 Å². The third-order valence-electron chi connectivity index (χ3n) is 1.91. The molecular weight excluding hydrogens is 186 g/mol. The Morgan fingerprint density at radius 2 is 1.92 bits per heavy atom. The topological polar surface area (TPSA) is 63.3 Å². The molecule has 1 rings (SSSR count). The van der Waals surface area contributed by atoms with E-state index in [1.807, 2.05) is 0 Å². The number of carbonyl (C=O) groups is 1. The van der Waals surface area contributed by atoms with Crippen LogP contribution in [0.25, 0.3) is 0 Å². The molecule has 3 N–H and O–H groups in total. The van der Waals surface area contributed by atoms with Crippen molar-refractivity contribution in [3.8, 4) is 0 Å². The molecule has 0 aliphatic rings. The number of benzene rings is 1. The summed E-state index contributed by atoms with van der Waals surface area (Å²) in [6, 6.07) is 6.76. The van der Waals surface area contributed by atoms with Crippen molar-refractivity contribution in [3.05, 3.63) is 29.8 Å². The first-order valence-electron chi connectivity index (χ1n) is 3.76. The summed E-state index contributed by atoms with van der Waals surface area (Å²) in [5, 5.41) is 8.82. The second kappa shape index (κ2) is 3.40. The van der Waals surface area contributed by atoms with Gasteiger partial charge < -0.3 is 10.8 Å². The van der Waals surface area contributed by atoms with Crippen LogP contribution in [-0.4, -0.2) is 11.1 Å². The molecule has 0 aromatic heterocycles. The van der Waals surface area contributed by atoms with Crippen LogP contribution in [0.4, 0.5) is 0 Å². The van der Waals surface area contributed by atoms with Crippen molar-refractivity contribution < 1.29 is 9.90 Å². The molecular formula is C9H11NO2S. The Kier molecular flexibility index (Phi) is 2.63. The standard InChI is InChI=1S/C9H11NO2S/c1-9(10,8(11)12)6-2-4-7(13)5-3-6/h2-5,13H,10H2,1H3,(H,11,12)/t9-/m1/s1. The van der Waals surface area contributed by atoms with E-state index in [9.17, 15) is 4.79 Å². The second-order valence-electron chi connectivity index (χ2n) is 3.05. The molecule has 3 nitrogen and oxygen atoms in total. The normalized spacial score (nSPS) is 15.0. The highest BCUT2D eigenvalue weighted by atomic mass is 32.1. The van der Waals surface area contributed by atoms with Gasteiger partial charge in [0.15, 0.2) is 0 Å². The zero-order valence-corrected chi connectivity index (χ0v) is 8.08. The van der Waals surface area contributed by atoms with E-state index >= 15 is 0 Å². The predicted molar refractivity (Wildman–Crippen MR) is 52.9 cm³/mol. The average Bonchev–Trinajstić information content (AvgIpc) is 2.04. The summed E-state index contributed by atoms with van der Waals surface area (Å²) in [6.45, 7) is 1.46. The number of carboxylic acids is 1. The smallest absolute Gasteiger partial charge is 0.328 e. The van der Waals surface area contributed by atoms with Crippen LogP contribution in [0.15, 0.2) is 29.2 Å². The van der Waals surface area contributed by atoms with Crippen molar-refractivity contribution in [1.29, 1.82) is 0 Å². The fraction of sp³-hybridized carbons (Fsp3) is 0.222. The number of hydrogen-bond donors (Lipinski definition) is 3. The van der Waals surface area contributed by atoms with Crippen molar-refractivity contribution in [1.82, 2.24) is 0 Å². The maximum atomic E-state index is 10.8. The Morgan fingerprint density at radius 1 is 1.46 bits per heavy atom. The van der Waals surface area contributed by atoms with Crippen molar-refractivity contribution in [3.63, 3.8) is 0 Å². The number of carboxylic acid groups (broad SMARTS) is 1. The van der Waals surface area contributed by atoms with E-state index in [1.165, 1.54) is 6.92 Å². The number of aliphatic carboxylic acids is 1. The van der Waals surface area contributed by atoms with Crippen molar-refractivity contribution >= 4 is 18.6 Å². The Bertz CT molecular complexity index is 319. The molecule has 1 aromatic rings. The Balaban J connectivity index is 3.08. The molecule has 70 valence electrons. The van der Waals surface area contributed by atoms with E-state index in [2.05, 4.69) is 12.6 Å². The molecule has 0 amide bonds. The van der Waals surface area contributed by atoms with Gasteiger partial charge in [0.2, 0.25) is 0 Å². The Hall–Kier alpha value is -1.00. The zero-order valence-electron chi connectivity index (χ0n) is 7.19. The molecule has 13 heavy (non-hydrogen) atoms. The highest BCUT2D eigenvalue weighted by Gasteiger charge is 2.29. The van der Waals surface area contributed by atoms with E-state index in [-0.39, 0.29) is 0 Å². The summed E-state index contributed by atoms with van der Waals surface area (Å²) < 4.78 is 0. The summed E-state index contributed by atoms with van der Waals surface area (Å²) in [5.74, 6) is -1.04. The van der Waals surface area contributed by atoms with Crippen molar-refractivity contribution in [2.24, 2.45) is 5.73 Å². The minimum Gasteiger partial charge on any atom is -0.480 e. The number of nitrogens with two attached hydrogens (primary N) is 1. The van der Waals surface area contributed by atoms with Gasteiger partial charge in [-0.15, -0.1) is 12.6 Å². The van der Waals surface area contributed by atoms with E-state index in [0.717, 1.165) is 4.90 Å². The molecule has 4 heteroatoms. The number of thiol groups is 1. The van der Waals surface area contributed by atoms with Gasteiger partial charge in [0.25, 0.3) is 0 Å². The van der Waals surface area contributed by atoms with Crippen LogP contribution < -0.4 is 5.73 Å². The summed E-state index contributed by atoms with van der Waals surface area (Å²) in [6.07, 6.45) is 0. The number of rotatable bonds is 2. The third-order valence-corrected chi connectivity index (χ3v) is 2.21. The van der Waals surface area contributed by atoms with Gasteiger partial charge in [-0.25, -0.2) is 4.79 Å². The van der Waals surface area contributed by atoms with Gasteiger partial charge in [0.1, 0.15) is 5.54 Å². The number of hydrogen-bond acceptors (Lipinski definition) is 3. The molecule has 0 aliphatic heterocycles. The highest BCUT2D eigenvalue weighted by Crippen LogP contribution is 2.19. The lowest BCUT2D eigenvalue weighted by Gasteiger charge is -2.19. The molecule has 0 fully saturated rings. The summed E-state index contributed by atoms with van der Waals surface area (Å²) in [7, 11) is 0. The molecule has 0 aliphatic carbocycles. The monoisotopic (exact) mass is 197 g/mol. The van der Waals surface area contributed by atoms with Crippen LogP contribution in [0.1, 0.15) is 12.5 Å². The molecule has 0 bridgehead atoms. The third kappa shape index (κ3) is 2.02. The van der Waals surface area contributed by atoms with Gasteiger partial charge in [-0.3, -0.25) is 0 Å². The van der Waals surface area contributed by atoms with Crippen molar-refractivity contribution in [2.45, 2.75) is 17.4 Å². The van der Waals surface area contributed by atoms with E-state index in [1.54, 1.807) is 24.3 Å². The Labute approximate surface area is 82.0 Å². The van der Waals surface area contributed by atoms with Crippen LogP contribution >= 0.6 is 12.6 Å². The molecule has 0 heterocycles. The van der Waals surface area contributed by atoms with Crippen molar-refractivity contribution in [2.75, 3.05) is 0 Å². The van der Waals surface area contributed by atoms with Crippen LogP contribution in [-0.2, 0) is 10.3 Å². The van der Waals surface area contributed by atoms with Gasteiger partial charge >= 0.3 is 5.97 Å². The first-order valence-corrected chi connectivity index (χ1v) is 4.21. The first kappa shape index (κ1) is 10.1. The molecule has 0 saturated heterocycles. The quantitative estimate of drug-likeness (QED) is 0.625. The molecule has 1 aromatic carbocycles. The predicted octanol–water partition coefficient (Wildman–Crippen LogP) is 1.23. The molecule has 0 radical (unpaired) electrons. The minimum atomic E-state index is -1.33. The summed E-state index contributed by atoms with van der Waals surface area (Å²) >= 11 is 4.09. The van der Waals surface area contributed by atoms with Gasteiger partial charge in [-0.05, 0) is 24.6 Å². The van der Waals surface area contributed by atoms with Crippen LogP contribution in [0.3, 0.4) is 0 Å². The van der Waals surface area contributed by atoms with E-state index in [0.29, 0.717) is 5.56 Å². The fourth-order valence-electron chi connectivity index (χ4n) is 0.931. The largest absolute Gasteiger partial charge is 0.480 e. The minimum absolute atomic E-state index is 0.567. The average molecular weight is 197 g/mol. The van der Waals surface area contributed by atoms with E-state index in [4.69, 9.17) is 10.8 Å². The maximum absolute atomic E-state index is 10.8. The summed E-state index contributed by atoms with van der Waals surface area (Å²) in [5.41, 5.74) is 4.84. The van der Waals surface area contributed by atoms with Crippen LogP contribution in [0, 0.1) is 0 Å². The zero-order chi connectivity index (χ0) is 10.1. The molecule has 1 atom stereocenters. The van der Waals surface area contributed by atoms with Gasteiger partial charge in [-0.1, -0.05) is 12.1 Å². The van der Waals surface area contributed by atoms with Crippen LogP contribution in [0.5, 0.6) is 0 Å². The maximum Gasteiger partial charge on any atom is 0.328 e.